The molecule has 0 bridgehead atoms. The van der Waals surface area contributed by atoms with E-state index in [2.05, 4.69) is 15.9 Å². The van der Waals surface area contributed by atoms with Crippen LogP contribution in [0.2, 0.25) is 0 Å². The predicted octanol–water partition coefficient (Wildman–Crippen LogP) is 5.49. The highest BCUT2D eigenvalue weighted by Crippen LogP contribution is 2.50. The third-order valence-electron chi connectivity index (χ3n) is 5.33. The first-order valence-electron chi connectivity index (χ1n) is 8.77. The number of hydrogen-bond acceptors (Lipinski definition) is 2. The number of likely N-dealkylation sites (tertiary alicyclic amines) is 1. The van der Waals surface area contributed by atoms with Crippen molar-refractivity contribution in [1.29, 1.82) is 0 Å². The van der Waals surface area contributed by atoms with Crippen LogP contribution < -0.4 is 4.74 Å². The molecule has 2 aromatic rings. The van der Waals surface area contributed by atoms with Gasteiger partial charge in [-0.25, -0.2) is 0 Å². The number of hydrogen-bond donors (Lipinski definition) is 0. The number of carbonyl (C=O) groups excluding carboxylic acids is 1. The molecule has 142 valence electrons. The van der Waals surface area contributed by atoms with E-state index in [4.69, 9.17) is 4.74 Å². The van der Waals surface area contributed by atoms with Gasteiger partial charge in [0.15, 0.2) is 0 Å². The Labute approximate surface area is 163 Å². The molecule has 4 rings (SSSR count). The number of para-hydroxylation sites is 1. The van der Waals surface area contributed by atoms with E-state index >= 15 is 0 Å². The third kappa shape index (κ3) is 3.45. The van der Waals surface area contributed by atoms with Gasteiger partial charge in [0.1, 0.15) is 11.5 Å². The minimum atomic E-state index is -4.81. The number of amides is 1. The molecule has 2 aliphatic rings. The average Bonchev–Trinajstić information content (AvgIpc) is 2.65. The number of ether oxygens (including phenoxy) is 1. The number of benzene rings is 2. The molecular formula is C20H17BrF3NO2. The lowest BCUT2D eigenvalue weighted by Crippen LogP contribution is -2.46. The van der Waals surface area contributed by atoms with Crippen molar-refractivity contribution in [2.45, 2.75) is 24.9 Å². The van der Waals surface area contributed by atoms with Gasteiger partial charge >= 0.3 is 12.1 Å². The molecule has 7 heteroatoms. The van der Waals surface area contributed by atoms with Crippen molar-refractivity contribution >= 4 is 21.8 Å². The van der Waals surface area contributed by atoms with Crippen LogP contribution in [0.1, 0.15) is 29.9 Å². The van der Waals surface area contributed by atoms with Gasteiger partial charge in [-0.05, 0) is 37.0 Å². The molecule has 0 aromatic heterocycles. The standard InChI is InChI=1S/C20H17BrF3NO2/c21-13-5-6-15-17(11-13)27-16-4-2-1-3-14(16)18(15)12-7-9-25(10-8-12)19(26)20(22,23)24/h1-6,11-12,18H,7-10H2. The van der Waals surface area contributed by atoms with Gasteiger partial charge in [0.05, 0.1) is 0 Å². The maximum absolute atomic E-state index is 12.7. The van der Waals surface area contributed by atoms with E-state index in [1.54, 1.807) is 0 Å². The second-order valence-electron chi connectivity index (χ2n) is 6.93. The summed E-state index contributed by atoms with van der Waals surface area (Å²) in [5, 5.41) is 0. The first-order chi connectivity index (χ1) is 12.8. The summed E-state index contributed by atoms with van der Waals surface area (Å²) in [6.45, 7) is 0.239. The molecule has 1 fully saturated rings. The summed E-state index contributed by atoms with van der Waals surface area (Å²) < 4.78 is 45.1. The Morgan fingerprint density at radius 2 is 1.70 bits per heavy atom. The van der Waals surface area contributed by atoms with Crippen molar-refractivity contribution < 1.29 is 22.7 Å². The van der Waals surface area contributed by atoms with Gasteiger partial charge in [-0.15, -0.1) is 0 Å². The lowest BCUT2D eigenvalue weighted by Gasteiger charge is -2.39. The van der Waals surface area contributed by atoms with Crippen molar-refractivity contribution in [1.82, 2.24) is 4.90 Å². The number of fused-ring (bicyclic) bond motifs is 2. The van der Waals surface area contributed by atoms with Gasteiger partial charge < -0.3 is 9.64 Å². The van der Waals surface area contributed by atoms with Crippen molar-refractivity contribution in [3.63, 3.8) is 0 Å². The first-order valence-corrected chi connectivity index (χ1v) is 9.56. The average molecular weight is 440 g/mol. The van der Waals surface area contributed by atoms with Crippen molar-refractivity contribution in [3.05, 3.63) is 58.1 Å². The second-order valence-corrected chi connectivity index (χ2v) is 7.84. The van der Waals surface area contributed by atoms with E-state index in [0.717, 1.165) is 32.0 Å². The normalized spacial score (nSPS) is 19.9. The van der Waals surface area contributed by atoms with Crippen molar-refractivity contribution in [2.75, 3.05) is 13.1 Å². The zero-order valence-corrected chi connectivity index (χ0v) is 15.9. The van der Waals surface area contributed by atoms with E-state index in [0.29, 0.717) is 12.8 Å². The van der Waals surface area contributed by atoms with E-state index in [1.165, 1.54) is 0 Å². The van der Waals surface area contributed by atoms with Crippen LogP contribution in [-0.2, 0) is 4.79 Å². The van der Waals surface area contributed by atoms with Gasteiger partial charge in [-0.2, -0.15) is 13.2 Å². The van der Waals surface area contributed by atoms with Crippen LogP contribution in [0.25, 0.3) is 0 Å². The SMILES string of the molecule is O=C(N1CCC(C2c3ccccc3Oc3cc(Br)ccc32)CC1)C(F)(F)F. The fourth-order valence-electron chi connectivity index (χ4n) is 4.09. The van der Waals surface area contributed by atoms with E-state index in [9.17, 15) is 18.0 Å². The Bertz CT molecular complexity index is 876. The fraction of sp³-hybridized carbons (Fsp3) is 0.350. The van der Waals surface area contributed by atoms with Crippen LogP contribution in [0.3, 0.4) is 0 Å². The Morgan fingerprint density at radius 1 is 1.04 bits per heavy atom. The Morgan fingerprint density at radius 3 is 2.41 bits per heavy atom. The van der Waals surface area contributed by atoms with Gasteiger partial charge in [0.2, 0.25) is 0 Å². The maximum Gasteiger partial charge on any atom is 0.471 e. The molecule has 1 unspecified atom stereocenters. The van der Waals surface area contributed by atoms with Crippen LogP contribution in [0.15, 0.2) is 46.9 Å². The third-order valence-corrected chi connectivity index (χ3v) is 5.82. The quantitative estimate of drug-likeness (QED) is 0.587. The van der Waals surface area contributed by atoms with E-state index in [1.807, 2.05) is 42.5 Å². The van der Waals surface area contributed by atoms with Gasteiger partial charge in [0, 0.05) is 34.6 Å². The Balaban J connectivity index is 1.62. The monoisotopic (exact) mass is 439 g/mol. The molecule has 2 aromatic carbocycles. The number of halogens is 4. The number of piperidine rings is 1. The van der Waals surface area contributed by atoms with Crippen LogP contribution in [-0.4, -0.2) is 30.1 Å². The van der Waals surface area contributed by atoms with Crippen molar-refractivity contribution in [3.8, 4) is 11.5 Å². The first kappa shape index (κ1) is 18.3. The van der Waals surface area contributed by atoms with Gasteiger partial charge in [-0.1, -0.05) is 40.2 Å². The summed E-state index contributed by atoms with van der Waals surface area (Å²) in [7, 11) is 0. The highest BCUT2D eigenvalue weighted by molar-refractivity contribution is 9.10. The molecule has 0 spiro atoms. The Hall–Kier alpha value is -2.02. The molecule has 0 aliphatic carbocycles. The van der Waals surface area contributed by atoms with Crippen LogP contribution in [0.5, 0.6) is 11.5 Å². The van der Waals surface area contributed by atoms with Crippen LogP contribution in [0.4, 0.5) is 13.2 Å². The maximum atomic E-state index is 12.7. The summed E-state index contributed by atoms with van der Waals surface area (Å²) in [6.07, 6.45) is -3.76. The zero-order valence-electron chi connectivity index (χ0n) is 14.3. The van der Waals surface area contributed by atoms with E-state index in [-0.39, 0.29) is 24.9 Å². The number of rotatable bonds is 1. The molecule has 0 saturated carbocycles. The molecule has 0 radical (unpaired) electrons. The molecule has 27 heavy (non-hydrogen) atoms. The minimum Gasteiger partial charge on any atom is -0.457 e. The zero-order chi connectivity index (χ0) is 19.2. The molecular weight excluding hydrogens is 423 g/mol. The summed E-state index contributed by atoms with van der Waals surface area (Å²) >= 11 is 3.46. The highest BCUT2D eigenvalue weighted by Gasteiger charge is 2.44. The fourth-order valence-corrected chi connectivity index (χ4v) is 4.43. The van der Waals surface area contributed by atoms with Crippen LogP contribution >= 0.6 is 15.9 Å². The smallest absolute Gasteiger partial charge is 0.457 e. The Kier molecular flexibility index (Phi) is 4.66. The molecule has 3 nitrogen and oxygen atoms in total. The summed E-state index contributed by atoms with van der Waals surface area (Å²) in [5.74, 6) is -0.00474. The highest BCUT2D eigenvalue weighted by atomic mass is 79.9. The van der Waals surface area contributed by atoms with Crippen LogP contribution in [0, 0.1) is 5.92 Å². The lowest BCUT2D eigenvalue weighted by atomic mass is 9.74. The van der Waals surface area contributed by atoms with Gasteiger partial charge in [-0.3, -0.25) is 4.79 Å². The van der Waals surface area contributed by atoms with Gasteiger partial charge in [0.25, 0.3) is 0 Å². The molecule has 1 atom stereocenters. The van der Waals surface area contributed by atoms with E-state index < -0.39 is 12.1 Å². The largest absolute Gasteiger partial charge is 0.471 e. The summed E-state index contributed by atoms with van der Waals surface area (Å²) in [4.78, 5) is 12.4. The molecule has 1 amide bonds. The predicted molar refractivity (Wildman–Crippen MR) is 97.9 cm³/mol. The lowest BCUT2D eigenvalue weighted by molar-refractivity contribution is -0.186. The number of alkyl halides is 3. The second kappa shape index (κ2) is 6.86. The molecule has 1 saturated heterocycles. The number of nitrogens with zero attached hydrogens (tertiary/aromatic N) is 1. The summed E-state index contributed by atoms with van der Waals surface area (Å²) in [6, 6.07) is 13.6. The molecule has 2 aliphatic heterocycles. The topological polar surface area (TPSA) is 29.5 Å². The number of carbonyl (C=O) groups is 1. The summed E-state index contributed by atoms with van der Waals surface area (Å²) in [5.41, 5.74) is 2.09. The van der Waals surface area contributed by atoms with Crippen molar-refractivity contribution in [2.24, 2.45) is 5.92 Å². The molecule has 0 N–H and O–H groups in total. The minimum absolute atomic E-state index is 0.0428. The molecule has 2 heterocycles.